The highest BCUT2D eigenvalue weighted by Gasteiger charge is 2.02. The minimum Gasteiger partial charge on any atom is -0.370 e. The number of hydrogen-bond donors (Lipinski definition) is 1. The monoisotopic (exact) mass is 162 g/mol. The predicted molar refractivity (Wildman–Crippen MR) is 47.3 cm³/mol. The molecule has 0 fully saturated rings. The lowest BCUT2D eigenvalue weighted by molar-refractivity contribution is 1.07. The van der Waals surface area contributed by atoms with Crippen LogP contribution in [0.2, 0.25) is 0 Å². The molecule has 0 unspecified atom stereocenters. The van der Waals surface area contributed by atoms with Gasteiger partial charge in [-0.1, -0.05) is 0 Å². The molecule has 62 valence electrons. The summed E-state index contributed by atoms with van der Waals surface area (Å²) >= 11 is 0. The van der Waals surface area contributed by atoms with E-state index in [-0.39, 0.29) is 0 Å². The number of aromatic nitrogens is 3. The molecule has 0 aliphatic rings. The molecular weight excluding hydrogens is 152 g/mol. The van der Waals surface area contributed by atoms with Crippen molar-refractivity contribution >= 4 is 11.5 Å². The summed E-state index contributed by atoms with van der Waals surface area (Å²) in [7, 11) is 1.84. The van der Waals surface area contributed by atoms with E-state index in [0.29, 0.717) is 0 Å². The number of imidazole rings is 1. The van der Waals surface area contributed by atoms with Crippen LogP contribution in [0.3, 0.4) is 0 Å². The van der Waals surface area contributed by atoms with Crippen molar-refractivity contribution in [2.24, 2.45) is 0 Å². The van der Waals surface area contributed by atoms with Crippen molar-refractivity contribution in [1.29, 1.82) is 0 Å². The SMILES string of the molecule is CNc1nccn2c(C)cnc12. The molecule has 0 saturated heterocycles. The first-order chi connectivity index (χ1) is 5.83. The quantitative estimate of drug-likeness (QED) is 0.682. The van der Waals surface area contributed by atoms with Gasteiger partial charge in [0.1, 0.15) is 0 Å². The third-order valence-electron chi connectivity index (χ3n) is 1.85. The van der Waals surface area contributed by atoms with Crippen LogP contribution in [0.25, 0.3) is 5.65 Å². The first-order valence-corrected chi connectivity index (χ1v) is 3.79. The fraction of sp³-hybridized carbons (Fsp3) is 0.250. The number of anilines is 1. The molecule has 0 bridgehead atoms. The van der Waals surface area contributed by atoms with Crippen molar-refractivity contribution in [3.05, 3.63) is 24.3 Å². The lowest BCUT2D eigenvalue weighted by Crippen LogP contribution is -1.97. The molecule has 0 aromatic carbocycles. The highest BCUT2D eigenvalue weighted by Crippen LogP contribution is 2.11. The molecule has 2 heterocycles. The van der Waals surface area contributed by atoms with Gasteiger partial charge < -0.3 is 5.32 Å². The van der Waals surface area contributed by atoms with Crippen LogP contribution >= 0.6 is 0 Å². The van der Waals surface area contributed by atoms with Gasteiger partial charge in [-0.15, -0.1) is 0 Å². The number of nitrogens with zero attached hydrogens (tertiary/aromatic N) is 3. The Balaban J connectivity index is 2.81. The summed E-state index contributed by atoms with van der Waals surface area (Å²) in [5.74, 6) is 0.811. The Morgan fingerprint density at radius 1 is 1.42 bits per heavy atom. The minimum absolute atomic E-state index is 0.811. The normalized spacial score (nSPS) is 10.5. The Morgan fingerprint density at radius 3 is 3.00 bits per heavy atom. The second-order valence-electron chi connectivity index (χ2n) is 2.62. The molecular formula is C8H10N4. The molecule has 4 nitrogen and oxygen atoms in total. The van der Waals surface area contributed by atoms with Gasteiger partial charge in [0.2, 0.25) is 0 Å². The standard InChI is InChI=1S/C8H10N4/c1-6-5-11-8-7(9-2)10-3-4-12(6)8/h3-5H,1-2H3,(H,9,10). The van der Waals surface area contributed by atoms with Crippen molar-refractivity contribution in [1.82, 2.24) is 14.4 Å². The van der Waals surface area contributed by atoms with Crippen LogP contribution in [0.4, 0.5) is 5.82 Å². The smallest absolute Gasteiger partial charge is 0.180 e. The van der Waals surface area contributed by atoms with E-state index >= 15 is 0 Å². The summed E-state index contributed by atoms with van der Waals surface area (Å²) in [6, 6.07) is 0. The Morgan fingerprint density at radius 2 is 2.25 bits per heavy atom. The van der Waals surface area contributed by atoms with E-state index in [2.05, 4.69) is 15.3 Å². The van der Waals surface area contributed by atoms with Crippen LogP contribution < -0.4 is 5.32 Å². The summed E-state index contributed by atoms with van der Waals surface area (Å²) in [4.78, 5) is 8.37. The fourth-order valence-corrected chi connectivity index (χ4v) is 1.22. The van der Waals surface area contributed by atoms with Gasteiger partial charge in [-0.2, -0.15) is 0 Å². The molecule has 12 heavy (non-hydrogen) atoms. The van der Waals surface area contributed by atoms with Gasteiger partial charge in [-0.3, -0.25) is 4.40 Å². The summed E-state index contributed by atoms with van der Waals surface area (Å²) in [5, 5.41) is 2.99. The molecule has 0 amide bonds. The van der Waals surface area contributed by atoms with Gasteiger partial charge in [-0.05, 0) is 6.92 Å². The Labute approximate surface area is 70.3 Å². The maximum Gasteiger partial charge on any atom is 0.180 e. The molecule has 4 heteroatoms. The average molecular weight is 162 g/mol. The highest BCUT2D eigenvalue weighted by molar-refractivity contribution is 5.62. The molecule has 1 N–H and O–H groups in total. The van der Waals surface area contributed by atoms with E-state index in [1.165, 1.54) is 0 Å². The van der Waals surface area contributed by atoms with Gasteiger partial charge in [0.05, 0.1) is 0 Å². The number of nitrogens with one attached hydrogen (secondary N) is 1. The van der Waals surface area contributed by atoms with Crippen molar-refractivity contribution in [3.8, 4) is 0 Å². The van der Waals surface area contributed by atoms with Gasteiger partial charge in [0, 0.05) is 31.3 Å². The second kappa shape index (κ2) is 2.48. The van der Waals surface area contributed by atoms with Crippen LogP contribution in [-0.2, 0) is 0 Å². The Hall–Kier alpha value is -1.58. The summed E-state index contributed by atoms with van der Waals surface area (Å²) in [6.07, 6.45) is 5.49. The van der Waals surface area contributed by atoms with Crippen molar-refractivity contribution in [2.45, 2.75) is 6.92 Å². The first-order valence-electron chi connectivity index (χ1n) is 3.79. The Bertz CT molecular complexity index is 404. The lowest BCUT2D eigenvalue weighted by atomic mass is 10.5. The maximum atomic E-state index is 4.23. The van der Waals surface area contributed by atoms with E-state index in [9.17, 15) is 0 Å². The average Bonchev–Trinajstić information content (AvgIpc) is 2.48. The van der Waals surface area contributed by atoms with Crippen LogP contribution in [0.5, 0.6) is 0 Å². The topological polar surface area (TPSA) is 42.2 Å². The van der Waals surface area contributed by atoms with Gasteiger partial charge in [-0.25, -0.2) is 9.97 Å². The molecule has 0 atom stereocenters. The molecule has 0 aliphatic carbocycles. The predicted octanol–water partition coefficient (Wildman–Crippen LogP) is 1.08. The van der Waals surface area contributed by atoms with E-state index in [1.807, 2.05) is 30.8 Å². The van der Waals surface area contributed by atoms with E-state index < -0.39 is 0 Å². The fourth-order valence-electron chi connectivity index (χ4n) is 1.22. The third-order valence-corrected chi connectivity index (χ3v) is 1.85. The maximum absolute atomic E-state index is 4.23. The van der Waals surface area contributed by atoms with Crippen molar-refractivity contribution in [3.63, 3.8) is 0 Å². The van der Waals surface area contributed by atoms with Crippen molar-refractivity contribution in [2.75, 3.05) is 12.4 Å². The van der Waals surface area contributed by atoms with Crippen LogP contribution in [0.15, 0.2) is 18.6 Å². The zero-order valence-corrected chi connectivity index (χ0v) is 7.07. The molecule has 2 aromatic heterocycles. The Kier molecular flexibility index (Phi) is 1.46. The summed E-state index contributed by atoms with van der Waals surface area (Å²) in [6.45, 7) is 2.01. The summed E-state index contributed by atoms with van der Waals surface area (Å²) < 4.78 is 2.00. The zero-order valence-electron chi connectivity index (χ0n) is 7.07. The van der Waals surface area contributed by atoms with Crippen LogP contribution in [0.1, 0.15) is 5.69 Å². The third kappa shape index (κ3) is 0.845. The second-order valence-corrected chi connectivity index (χ2v) is 2.62. The molecule has 2 aromatic rings. The number of rotatable bonds is 1. The largest absolute Gasteiger partial charge is 0.370 e. The number of hydrogen-bond acceptors (Lipinski definition) is 3. The molecule has 0 radical (unpaired) electrons. The van der Waals surface area contributed by atoms with E-state index in [4.69, 9.17) is 0 Å². The van der Waals surface area contributed by atoms with Gasteiger partial charge in [0.25, 0.3) is 0 Å². The molecule has 2 rings (SSSR count). The molecule has 0 saturated carbocycles. The first kappa shape index (κ1) is 7.09. The number of aryl methyl sites for hydroxylation is 1. The minimum atomic E-state index is 0.811. The van der Waals surface area contributed by atoms with E-state index in [1.54, 1.807) is 6.20 Å². The molecule has 0 spiro atoms. The van der Waals surface area contributed by atoms with Gasteiger partial charge >= 0.3 is 0 Å². The van der Waals surface area contributed by atoms with Gasteiger partial charge in [0.15, 0.2) is 11.5 Å². The zero-order chi connectivity index (χ0) is 8.55. The van der Waals surface area contributed by atoms with E-state index in [0.717, 1.165) is 17.2 Å². The van der Waals surface area contributed by atoms with Crippen LogP contribution in [0, 0.1) is 6.92 Å². The number of fused-ring (bicyclic) bond motifs is 1. The molecule has 0 aliphatic heterocycles. The van der Waals surface area contributed by atoms with Crippen molar-refractivity contribution < 1.29 is 0 Å². The lowest BCUT2D eigenvalue weighted by Gasteiger charge is -2.00. The summed E-state index contributed by atoms with van der Waals surface area (Å²) in [5.41, 5.74) is 1.99. The van der Waals surface area contributed by atoms with Crippen LogP contribution in [-0.4, -0.2) is 21.4 Å². The highest BCUT2D eigenvalue weighted by atomic mass is 15.1.